The summed E-state index contributed by atoms with van der Waals surface area (Å²) in [5, 5.41) is 0. The van der Waals surface area contributed by atoms with Gasteiger partial charge in [-0.15, -0.1) is 12.4 Å². The Hall–Kier alpha value is -1.17. The number of nitrogens with two attached hydrogens (primary N) is 1. The van der Waals surface area contributed by atoms with Gasteiger partial charge in [0.05, 0.1) is 12.6 Å². The quantitative estimate of drug-likeness (QED) is 0.926. The SMILES string of the molecule is COCC(N)C(=O)N1CC(C)CC1c1cccc(F)c1.Cl. The first-order valence-electron chi connectivity index (χ1n) is 6.83. The third-order valence-corrected chi connectivity index (χ3v) is 3.69. The number of rotatable bonds is 4. The van der Waals surface area contributed by atoms with Crippen LogP contribution in [-0.2, 0) is 9.53 Å². The summed E-state index contributed by atoms with van der Waals surface area (Å²) in [4.78, 5) is 14.1. The van der Waals surface area contributed by atoms with Crippen LogP contribution in [0.2, 0.25) is 0 Å². The second-order valence-electron chi connectivity index (χ2n) is 5.46. The van der Waals surface area contributed by atoms with Crippen molar-refractivity contribution in [2.45, 2.75) is 25.4 Å². The van der Waals surface area contributed by atoms with Gasteiger partial charge in [-0.25, -0.2) is 4.39 Å². The lowest BCUT2D eigenvalue weighted by molar-refractivity contribution is -0.134. The average molecular weight is 317 g/mol. The van der Waals surface area contributed by atoms with Crippen LogP contribution < -0.4 is 5.73 Å². The van der Waals surface area contributed by atoms with Crippen molar-refractivity contribution in [3.05, 3.63) is 35.6 Å². The minimum Gasteiger partial charge on any atom is -0.383 e. The minimum absolute atomic E-state index is 0. The maximum atomic E-state index is 13.4. The Morgan fingerprint density at radius 2 is 2.29 bits per heavy atom. The summed E-state index contributed by atoms with van der Waals surface area (Å²) in [7, 11) is 1.52. The van der Waals surface area contributed by atoms with Gasteiger partial charge in [0.25, 0.3) is 0 Å². The molecule has 1 aliphatic heterocycles. The van der Waals surface area contributed by atoms with Gasteiger partial charge in [-0.1, -0.05) is 19.1 Å². The van der Waals surface area contributed by atoms with E-state index in [0.717, 1.165) is 12.0 Å². The monoisotopic (exact) mass is 316 g/mol. The number of methoxy groups -OCH3 is 1. The fourth-order valence-electron chi connectivity index (χ4n) is 2.78. The number of likely N-dealkylation sites (tertiary alicyclic amines) is 1. The van der Waals surface area contributed by atoms with Gasteiger partial charge >= 0.3 is 0 Å². The molecule has 21 heavy (non-hydrogen) atoms. The predicted molar refractivity (Wildman–Crippen MR) is 81.7 cm³/mol. The fourth-order valence-corrected chi connectivity index (χ4v) is 2.78. The molecule has 0 spiro atoms. The van der Waals surface area contributed by atoms with Crippen molar-refractivity contribution < 1.29 is 13.9 Å². The van der Waals surface area contributed by atoms with Gasteiger partial charge in [-0.2, -0.15) is 0 Å². The van der Waals surface area contributed by atoms with Crippen molar-refractivity contribution in [2.75, 3.05) is 20.3 Å². The van der Waals surface area contributed by atoms with Crippen molar-refractivity contribution in [2.24, 2.45) is 11.7 Å². The number of carbonyl (C=O) groups is 1. The lowest BCUT2D eigenvalue weighted by atomic mass is 10.0. The van der Waals surface area contributed by atoms with Crippen LogP contribution in [0.15, 0.2) is 24.3 Å². The lowest BCUT2D eigenvalue weighted by Crippen LogP contribution is -2.46. The van der Waals surface area contributed by atoms with Crippen LogP contribution in [0.25, 0.3) is 0 Å². The van der Waals surface area contributed by atoms with Crippen LogP contribution in [0.5, 0.6) is 0 Å². The molecule has 0 aromatic heterocycles. The molecule has 2 rings (SSSR count). The van der Waals surface area contributed by atoms with E-state index in [1.807, 2.05) is 6.07 Å². The zero-order valence-electron chi connectivity index (χ0n) is 12.3. The predicted octanol–water partition coefficient (Wildman–Crippen LogP) is 2.13. The second-order valence-corrected chi connectivity index (χ2v) is 5.46. The Bertz CT molecular complexity index is 486. The smallest absolute Gasteiger partial charge is 0.242 e. The third-order valence-electron chi connectivity index (χ3n) is 3.69. The zero-order valence-corrected chi connectivity index (χ0v) is 13.1. The molecule has 0 saturated carbocycles. The minimum atomic E-state index is -0.665. The molecule has 1 fully saturated rings. The molecule has 1 aromatic carbocycles. The molecule has 1 aliphatic rings. The van der Waals surface area contributed by atoms with E-state index in [-0.39, 0.29) is 36.8 Å². The van der Waals surface area contributed by atoms with Crippen LogP contribution in [0.3, 0.4) is 0 Å². The first kappa shape index (κ1) is 17.9. The number of amides is 1. The van der Waals surface area contributed by atoms with Gasteiger partial charge in [-0.05, 0) is 30.0 Å². The molecule has 0 aliphatic carbocycles. The van der Waals surface area contributed by atoms with Gasteiger partial charge in [0, 0.05) is 13.7 Å². The highest BCUT2D eigenvalue weighted by molar-refractivity contribution is 5.85. The van der Waals surface area contributed by atoms with Gasteiger partial charge in [0.1, 0.15) is 11.9 Å². The molecule has 1 aromatic rings. The van der Waals surface area contributed by atoms with E-state index < -0.39 is 6.04 Å². The van der Waals surface area contributed by atoms with Crippen LogP contribution >= 0.6 is 12.4 Å². The van der Waals surface area contributed by atoms with Gasteiger partial charge < -0.3 is 15.4 Å². The molecule has 3 atom stereocenters. The highest BCUT2D eigenvalue weighted by Crippen LogP contribution is 2.35. The maximum Gasteiger partial charge on any atom is 0.242 e. The summed E-state index contributed by atoms with van der Waals surface area (Å²) < 4.78 is 18.3. The molecule has 1 amide bonds. The van der Waals surface area contributed by atoms with E-state index in [1.165, 1.54) is 19.2 Å². The number of hydrogen-bond donors (Lipinski definition) is 1. The highest BCUT2D eigenvalue weighted by atomic mass is 35.5. The molecule has 1 heterocycles. The van der Waals surface area contributed by atoms with E-state index in [9.17, 15) is 9.18 Å². The maximum absolute atomic E-state index is 13.4. The third kappa shape index (κ3) is 4.15. The van der Waals surface area contributed by atoms with E-state index in [2.05, 4.69) is 6.92 Å². The van der Waals surface area contributed by atoms with Crippen molar-refractivity contribution in [3.63, 3.8) is 0 Å². The Morgan fingerprint density at radius 1 is 1.57 bits per heavy atom. The number of hydrogen-bond acceptors (Lipinski definition) is 3. The Balaban J connectivity index is 0.00000220. The van der Waals surface area contributed by atoms with Crippen LogP contribution in [0.1, 0.15) is 24.9 Å². The van der Waals surface area contributed by atoms with Crippen molar-refractivity contribution in [1.29, 1.82) is 0 Å². The number of nitrogens with zero attached hydrogens (tertiary/aromatic N) is 1. The van der Waals surface area contributed by atoms with Gasteiger partial charge in [0.2, 0.25) is 5.91 Å². The summed E-state index contributed by atoms with van der Waals surface area (Å²) in [6.45, 7) is 2.93. The lowest BCUT2D eigenvalue weighted by Gasteiger charge is -2.27. The fraction of sp³-hybridized carbons (Fsp3) is 0.533. The first-order valence-corrected chi connectivity index (χ1v) is 6.83. The number of halogens is 2. The molecule has 3 unspecified atom stereocenters. The summed E-state index contributed by atoms with van der Waals surface area (Å²) in [5.74, 6) is -0.0388. The second kappa shape index (κ2) is 7.73. The Kier molecular flexibility index (Phi) is 6.58. The van der Waals surface area contributed by atoms with Crippen LogP contribution in [-0.4, -0.2) is 37.1 Å². The summed E-state index contributed by atoms with van der Waals surface area (Å²) in [5.41, 5.74) is 6.66. The molecule has 118 valence electrons. The molecule has 1 saturated heterocycles. The summed E-state index contributed by atoms with van der Waals surface area (Å²) in [6, 6.07) is 5.66. The van der Waals surface area contributed by atoms with Crippen molar-refractivity contribution >= 4 is 18.3 Å². The molecule has 4 nitrogen and oxygen atoms in total. The number of carbonyl (C=O) groups excluding carboxylic acids is 1. The highest BCUT2D eigenvalue weighted by Gasteiger charge is 2.36. The van der Waals surface area contributed by atoms with Crippen molar-refractivity contribution in [1.82, 2.24) is 4.90 Å². The number of benzene rings is 1. The van der Waals surface area contributed by atoms with Gasteiger partial charge in [-0.3, -0.25) is 4.79 Å². The molecule has 2 N–H and O–H groups in total. The Labute approximate surface area is 130 Å². The number of ether oxygens (including phenoxy) is 1. The normalized spacial score (nSPS) is 22.8. The van der Waals surface area contributed by atoms with E-state index in [1.54, 1.807) is 11.0 Å². The van der Waals surface area contributed by atoms with Crippen LogP contribution in [0.4, 0.5) is 4.39 Å². The van der Waals surface area contributed by atoms with E-state index in [0.29, 0.717) is 12.5 Å². The van der Waals surface area contributed by atoms with Crippen molar-refractivity contribution in [3.8, 4) is 0 Å². The molecular weight excluding hydrogens is 295 g/mol. The topological polar surface area (TPSA) is 55.6 Å². The molecular formula is C15H22ClFN2O2. The molecule has 0 radical (unpaired) electrons. The first-order chi connectivity index (χ1) is 9.52. The summed E-state index contributed by atoms with van der Waals surface area (Å²) in [6.07, 6.45) is 0.828. The zero-order chi connectivity index (χ0) is 14.7. The summed E-state index contributed by atoms with van der Waals surface area (Å²) >= 11 is 0. The van der Waals surface area contributed by atoms with E-state index >= 15 is 0 Å². The largest absolute Gasteiger partial charge is 0.383 e. The standard InChI is InChI=1S/C15H21FN2O2.ClH/c1-10-6-14(11-4-3-5-12(16)7-11)18(8-10)15(19)13(17)9-20-2;/h3-5,7,10,13-14H,6,8-9,17H2,1-2H3;1H. The Morgan fingerprint density at radius 3 is 2.90 bits per heavy atom. The average Bonchev–Trinajstić information content (AvgIpc) is 2.80. The molecule has 6 heteroatoms. The van der Waals surface area contributed by atoms with Crippen LogP contribution in [0, 0.1) is 11.7 Å². The van der Waals surface area contributed by atoms with E-state index in [4.69, 9.17) is 10.5 Å². The van der Waals surface area contributed by atoms with Gasteiger partial charge in [0.15, 0.2) is 0 Å². The molecule has 0 bridgehead atoms.